The van der Waals surface area contributed by atoms with E-state index < -0.39 is 10.0 Å². The molecule has 0 spiro atoms. The van der Waals surface area contributed by atoms with Crippen LogP contribution < -0.4 is 0 Å². The topological polar surface area (TPSA) is 40.6 Å². The second kappa shape index (κ2) is 7.72. The number of likely N-dealkylation sites (N-methyl/N-ethyl adjacent to an activating group) is 1. The molecule has 6 heteroatoms. The Kier molecular flexibility index (Phi) is 6.98. The highest BCUT2D eigenvalue weighted by molar-refractivity contribution is 7.99. The first-order valence-corrected chi connectivity index (χ1v) is 9.45. The number of thioether (sulfide) groups is 1. The van der Waals surface area contributed by atoms with Crippen LogP contribution in [0.15, 0.2) is 0 Å². The normalized spacial score (nSPS) is 23.2. The van der Waals surface area contributed by atoms with Crippen molar-refractivity contribution in [3.63, 3.8) is 0 Å². The van der Waals surface area contributed by atoms with Gasteiger partial charge in [0.2, 0.25) is 10.0 Å². The van der Waals surface area contributed by atoms with Gasteiger partial charge in [0.15, 0.2) is 0 Å². The number of sulfonamides is 1. The molecule has 108 valence electrons. The minimum Gasteiger partial charge on any atom is -0.308 e. The molecule has 1 fully saturated rings. The fourth-order valence-electron chi connectivity index (χ4n) is 2.18. The maximum Gasteiger partial charge on any atom is 0.214 e. The molecule has 0 aromatic heterocycles. The van der Waals surface area contributed by atoms with Crippen LogP contribution in [-0.2, 0) is 10.0 Å². The van der Waals surface area contributed by atoms with Crippen molar-refractivity contribution in [1.82, 2.24) is 9.21 Å². The predicted molar refractivity (Wildman–Crippen MR) is 79.7 cm³/mol. The SMILES string of the molecule is CCCCS(=O)(=O)N1CCCSCC1CN(C)C. The van der Waals surface area contributed by atoms with Crippen LogP contribution in [0, 0.1) is 0 Å². The zero-order chi connectivity index (χ0) is 13.6. The van der Waals surface area contributed by atoms with Crippen molar-refractivity contribution >= 4 is 21.8 Å². The van der Waals surface area contributed by atoms with E-state index in [1.165, 1.54) is 0 Å². The second-order valence-electron chi connectivity index (χ2n) is 5.12. The second-order valence-corrected chi connectivity index (χ2v) is 8.32. The summed E-state index contributed by atoms with van der Waals surface area (Å²) in [7, 11) is 0.942. The third kappa shape index (κ3) is 5.07. The molecule has 0 aromatic carbocycles. The van der Waals surface area contributed by atoms with Gasteiger partial charge in [0.05, 0.1) is 5.75 Å². The van der Waals surface area contributed by atoms with Crippen LogP contribution in [0.25, 0.3) is 0 Å². The Hall–Kier alpha value is 0.220. The lowest BCUT2D eigenvalue weighted by atomic mass is 10.3. The van der Waals surface area contributed by atoms with E-state index >= 15 is 0 Å². The molecule has 1 aliphatic heterocycles. The summed E-state index contributed by atoms with van der Waals surface area (Å²) >= 11 is 1.88. The van der Waals surface area contributed by atoms with E-state index in [4.69, 9.17) is 0 Å². The summed E-state index contributed by atoms with van der Waals surface area (Å²) in [5.41, 5.74) is 0. The standard InChI is InChI=1S/C12H26N2O2S2/c1-4-5-9-18(15,16)14-7-6-8-17-11-12(14)10-13(2)3/h12H,4-11H2,1-3H3. The van der Waals surface area contributed by atoms with Gasteiger partial charge >= 0.3 is 0 Å². The first-order chi connectivity index (χ1) is 8.47. The zero-order valence-electron chi connectivity index (χ0n) is 11.8. The summed E-state index contributed by atoms with van der Waals surface area (Å²) in [6.07, 6.45) is 2.67. The van der Waals surface area contributed by atoms with Gasteiger partial charge < -0.3 is 4.90 Å². The fourth-order valence-corrected chi connectivity index (χ4v) is 5.23. The van der Waals surface area contributed by atoms with Gasteiger partial charge in [-0.3, -0.25) is 0 Å². The molecule has 0 aliphatic carbocycles. The number of hydrogen-bond donors (Lipinski definition) is 0. The highest BCUT2D eigenvalue weighted by Crippen LogP contribution is 2.20. The Bertz CT molecular complexity index is 331. The molecule has 1 rings (SSSR count). The molecule has 1 atom stereocenters. The average molecular weight is 294 g/mol. The van der Waals surface area contributed by atoms with Gasteiger partial charge in [-0.25, -0.2) is 8.42 Å². The van der Waals surface area contributed by atoms with Gasteiger partial charge in [-0.15, -0.1) is 0 Å². The van der Waals surface area contributed by atoms with Crippen molar-refractivity contribution in [2.24, 2.45) is 0 Å². The Morgan fingerprint density at radius 1 is 1.39 bits per heavy atom. The van der Waals surface area contributed by atoms with E-state index in [2.05, 4.69) is 4.90 Å². The van der Waals surface area contributed by atoms with Crippen molar-refractivity contribution in [2.75, 3.05) is 44.4 Å². The third-order valence-corrected chi connectivity index (χ3v) is 6.27. The summed E-state index contributed by atoms with van der Waals surface area (Å²) in [5, 5.41) is 0. The fraction of sp³-hybridized carbons (Fsp3) is 1.00. The highest BCUT2D eigenvalue weighted by Gasteiger charge is 2.30. The molecular weight excluding hydrogens is 268 g/mol. The third-order valence-electron chi connectivity index (χ3n) is 3.07. The summed E-state index contributed by atoms with van der Waals surface area (Å²) in [5.74, 6) is 2.30. The van der Waals surface area contributed by atoms with E-state index in [1.807, 2.05) is 32.8 Å². The molecule has 0 radical (unpaired) electrons. The minimum absolute atomic E-state index is 0.134. The van der Waals surface area contributed by atoms with Gasteiger partial charge in [-0.2, -0.15) is 16.1 Å². The van der Waals surface area contributed by atoms with Gasteiger partial charge in [0.25, 0.3) is 0 Å². The minimum atomic E-state index is -3.07. The van der Waals surface area contributed by atoms with E-state index in [0.29, 0.717) is 12.3 Å². The van der Waals surface area contributed by atoms with Gasteiger partial charge in [-0.1, -0.05) is 13.3 Å². The molecule has 0 amide bonds. The van der Waals surface area contributed by atoms with Crippen molar-refractivity contribution < 1.29 is 8.42 Å². The van der Waals surface area contributed by atoms with Crippen LogP contribution in [0.2, 0.25) is 0 Å². The van der Waals surface area contributed by atoms with E-state index in [0.717, 1.165) is 37.3 Å². The molecule has 4 nitrogen and oxygen atoms in total. The average Bonchev–Trinajstić information content (AvgIpc) is 2.51. The predicted octanol–water partition coefficient (Wildman–Crippen LogP) is 1.49. The number of rotatable bonds is 6. The summed E-state index contributed by atoms with van der Waals surface area (Å²) < 4.78 is 26.5. The molecular formula is C12H26N2O2S2. The number of unbranched alkanes of at least 4 members (excludes halogenated alkanes) is 1. The zero-order valence-corrected chi connectivity index (χ0v) is 13.4. The van der Waals surface area contributed by atoms with Crippen molar-refractivity contribution in [2.45, 2.75) is 32.2 Å². The lowest BCUT2D eigenvalue weighted by Gasteiger charge is -2.30. The van der Waals surface area contributed by atoms with E-state index in [9.17, 15) is 8.42 Å². The first-order valence-electron chi connectivity index (χ1n) is 6.69. The van der Waals surface area contributed by atoms with Crippen LogP contribution in [0.5, 0.6) is 0 Å². The highest BCUT2D eigenvalue weighted by atomic mass is 32.2. The molecule has 1 saturated heterocycles. The molecule has 0 bridgehead atoms. The Labute approximate surface area is 116 Å². The Balaban J connectivity index is 2.77. The quantitative estimate of drug-likeness (QED) is 0.744. The van der Waals surface area contributed by atoms with Crippen LogP contribution in [0.3, 0.4) is 0 Å². The maximum atomic E-state index is 12.4. The molecule has 0 aromatic rings. The van der Waals surface area contributed by atoms with E-state index in [1.54, 1.807) is 4.31 Å². The Morgan fingerprint density at radius 3 is 2.72 bits per heavy atom. The van der Waals surface area contributed by atoms with Gasteiger partial charge in [-0.05, 0) is 32.7 Å². The van der Waals surface area contributed by atoms with Crippen LogP contribution in [0.4, 0.5) is 0 Å². The molecule has 18 heavy (non-hydrogen) atoms. The van der Waals surface area contributed by atoms with Crippen LogP contribution in [-0.4, -0.2) is 68.1 Å². The van der Waals surface area contributed by atoms with E-state index in [-0.39, 0.29) is 6.04 Å². The van der Waals surface area contributed by atoms with Gasteiger partial charge in [0.1, 0.15) is 0 Å². The maximum absolute atomic E-state index is 12.4. The summed E-state index contributed by atoms with van der Waals surface area (Å²) in [4.78, 5) is 2.08. The molecule has 1 aliphatic rings. The summed E-state index contributed by atoms with van der Waals surface area (Å²) in [6.45, 7) is 3.54. The van der Waals surface area contributed by atoms with Crippen molar-refractivity contribution in [3.8, 4) is 0 Å². The smallest absolute Gasteiger partial charge is 0.214 e. The Morgan fingerprint density at radius 2 is 2.11 bits per heavy atom. The van der Waals surface area contributed by atoms with Crippen molar-refractivity contribution in [3.05, 3.63) is 0 Å². The largest absolute Gasteiger partial charge is 0.308 e. The summed E-state index contributed by atoms with van der Waals surface area (Å²) in [6, 6.07) is 0.134. The molecule has 1 unspecified atom stereocenters. The molecule has 0 N–H and O–H groups in total. The first kappa shape index (κ1) is 16.3. The van der Waals surface area contributed by atoms with Crippen LogP contribution in [0.1, 0.15) is 26.2 Å². The number of hydrogen-bond acceptors (Lipinski definition) is 4. The monoisotopic (exact) mass is 294 g/mol. The van der Waals surface area contributed by atoms with Crippen LogP contribution >= 0.6 is 11.8 Å². The molecule has 0 saturated carbocycles. The number of nitrogens with zero attached hydrogens (tertiary/aromatic N) is 2. The lowest BCUT2D eigenvalue weighted by Crippen LogP contribution is -2.47. The van der Waals surface area contributed by atoms with Gasteiger partial charge in [0, 0.05) is 24.9 Å². The van der Waals surface area contributed by atoms with Crippen molar-refractivity contribution in [1.29, 1.82) is 0 Å². The molecule has 1 heterocycles. The lowest BCUT2D eigenvalue weighted by molar-refractivity contribution is 0.271.